The number of carbonyl (C=O) groups excluding carboxylic acids is 3. The van der Waals surface area contributed by atoms with Crippen molar-refractivity contribution in [2.75, 3.05) is 18.0 Å². The number of thiophene rings is 1. The van der Waals surface area contributed by atoms with Crippen molar-refractivity contribution in [2.24, 2.45) is 10.9 Å². The van der Waals surface area contributed by atoms with Gasteiger partial charge in [-0.05, 0) is 37.0 Å². The maximum Gasteiger partial charge on any atom is 0.286 e. The molecule has 2 aromatic heterocycles. The maximum atomic E-state index is 13.3. The van der Waals surface area contributed by atoms with Gasteiger partial charge < -0.3 is 9.73 Å². The largest absolute Gasteiger partial charge is 0.418 e. The number of Topliss-reactive ketones (excluding diaryl/α,β-unsaturated/α-hetero) is 1. The van der Waals surface area contributed by atoms with E-state index in [9.17, 15) is 14.4 Å². The minimum absolute atomic E-state index is 0.0561. The second-order valence-electron chi connectivity index (χ2n) is 10.4. The third-order valence-corrected chi connectivity index (χ3v) is 8.11. The molecule has 0 spiro atoms. The van der Waals surface area contributed by atoms with Gasteiger partial charge in [0.2, 0.25) is 23.5 Å². The lowest BCUT2D eigenvalue weighted by Gasteiger charge is -2.24. The molecule has 0 aliphatic carbocycles. The van der Waals surface area contributed by atoms with Gasteiger partial charge in [0.25, 0.3) is 5.89 Å². The summed E-state index contributed by atoms with van der Waals surface area (Å²) in [5.74, 6) is -1.33. The first-order valence-corrected chi connectivity index (χ1v) is 14.2. The zero-order valence-electron chi connectivity index (χ0n) is 23.4. The molecule has 0 fully saturated rings. The Morgan fingerprint density at radius 2 is 1.83 bits per heavy atom. The molecule has 210 valence electrons. The quantitative estimate of drug-likeness (QED) is 0.287. The predicted octanol–water partition coefficient (Wildman–Crippen LogP) is 4.88. The third kappa shape index (κ3) is 6.33. The monoisotopic (exact) mass is 569 g/mol. The van der Waals surface area contributed by atoms with Crippen molar-refractivity contribution in [1.29, 1.82) is 0 Å². The van der Waals surface area contributed by atoms with Gasteiger partial charge in [0.1, 0.15) is 13.1 Å². The van der Waals surface area contributed by atoms with E-state index in [1.165, 1.54) is 16.2 Å². The van der Waals surface area contributed by atoms with Crippen molar-refractivity contribution in [3.8, 4) is 10.4 Å². The minimum Gasteiger partial charge on any atom is -0.418 e. The molecule has 1 aliphatic heterocycles. The lowest BCUT2D eigenvalue weighted by Crippen LogP contribution is -2.49. The molecule has 1 aliphatic rings. The van der Waals surface area contributed by atoms with E-state index < -0.39 is 17.7 Å². The zero-order valence-corrected chi connectivity index (χ0v) is 24.2. The highest BCUT2D eigenvalue weighted by atomic mass is 32.1. The summed E-state index contributed by atoms with van der Waals surface area (Å²) >= 11 is 1.53. The van der Waals surface area contributed by atoms with Crippen molar-refractivity contribution in [3.05, 3.63) is 88.4 Å². The van der Waals surface area contributed by atoms with E-state index in [0.717, 1.165) is 32.2 Å². The first kappa shape index (κ1) is 28.1. The fraction of sp³-hybridized carbons (Fsp3) is 0.290. The van der Waals surface area contributed by atoms with E-state index in [4.69, 9.17) is 4.42 Å². The second-order valence-corrected chi connectivity index (χ2v) is 11.4. The molecule has 3 heterocycles. The first-order valence-electron chi connectivity index (χ1n) is 13.4. The summed E-state index contributed by atoms with van der Waals surface area (Å²) < 4.78 is 5.69. The predicted molar refractivity (Wildman–Crippen MR) is 159 cm³/mol. The summed E-state index contributed by atoms with van der Waals surface area (Å²) in [4.78, 5) is 47.4. The van der Waals surface area contributed by atoms with E-state index in [1.807, 2.05) is 88.4 Å². The Bertz CT molecular complexity index is 1620. The fourth-order valence-corrected chi connectivity index (χ4v) is 5.82. The molecule has 1 N–H and O–H groups in total. The van der Waals surface area contributed by atoms with Gasteiger partial charge in [-0.3, -0.25) is 24.3 Å². The molecule has 1 atom stereocenters. The lowest BCUT2D eigenvalue weighted by atomic mass is 9.99. The van der Waals surface area contributed by atoms with Crippen molar-refractivity contribution in [3.63, 3.8) is 0 Å². The van der Waals surface area contributed by atoms with Crippen LogP contribution in [0.25, 0.3) is 10.4 Å². The highest BCUT2D eigenvalue weighted by molar-refractivity contribution is 7.18. The van der Waals surface area contributed by atoms with Gasteiger partial charge in [-0.1, -0.05) is 74.0 Å². The Labute approximate surface area is 242 Å². The number of amides is 2. The number of nitrogens with one attached hydrogen (secondary N) is 1. The van der Waals surface area contributed by atoms with E-state index in [2.05, 4.69) is 20.5 Å². The average molecular weight is 570 g/mol. The topological polar surface area (TPSA) is 118 Å². The molecular weight excluding hydrogens is 538 g/mol. The third-order valence-electron chi connectivity index (χ3n) is 6.83. The molecule has 10 heteroatoms. The SMILES string of the molecule is CC1=NCC(=O)N(CC(=O)N[C@H](C(=O)c2nnc(Cc3cccc(C)c3)o2)C(C)C)c2cc(-c3ccccc3)sc21. The molecule has 0 saturated carbocycles. The van der Waals surface area contributed by atoms with Gasteiger partial charge >= 0.3 is 0 Å². The van der Waals surface area contributed by atoms with Crippen LogP contribution >= 0.6 is 11.3 Å². The number of hydrogen-bond acceptors (Lipinski definition) is 8. The van der Waals surface area contributed by atoms with Crippen molar-refractivity contribution >= 4 is 40.3 Å². The fourth-order valence-electron chi connectivity index (χ4n) is 4.69. The molecule has 2 aromatic carbocycles. The lowest BCUT2D eigenvalue weighted by molar-refractivity contribution is -0.123. The Kier molecular flexibility index (Phi) is 8.21. The summed E-state index contributed by atoms with van der Waals surface area (Å²) in [6, 6.07) is 18.8. The molecule has 0 radical (unpaired) electrons. The van der Waals surface area contributed by atoms with Gasteiger partial charge in [0.05, 0.1) is 28.7 Å². The molecule has 5 rings (SSSR count). The van der Waals surface area contributed by atoms with Gasteiger partial charge in [-0.2, -0.15) is 0 Å². The summed E-state index contributed by atoms with van der Waals surface area (Å²) in [6.45, 7) is 7.20. The smallest absolute Gasteiger partial charge is 0.286 e. The van der Waals surface area contributed by atoms with Crippen LogP contribution < -0.4 is 10.2 Å². The Morgan fingerprint density at radius 1 is 1.05 bits per heavy atom. The number of rotatable bonds is 9. The Hall–Kier alpha value is -4.44. The van der Waals surface area contributed by atoms with Gasteiger partial charge in [-0.15, -0.1) is 21.5 Å². The van der Waals surface area contributed by atoms with Crippen LogP contribution in [0.1, 0.15) is 53.4 Å². The number of carbonyl (C=O) groups is 3. The van der Waals surface area contributed by atoms with Crippen molar-refractivity contribution in [2.45, 2.75) is 40.2 Å². The average Bonchev–Trinajstić information content (AvgIpc) is 3.59. The van der Waals surface area contributed by atoms with Crippen LogP contribution in [-0.4, -0.2) is 52.6 Å². The summed E-state index contributed by atoms with van der Waals surface area (Å²) in [5, 5.41) is 10.8. The van der Waals surface area contributed by atoms with E-state index in [1.54, 1.807) is 0 Å². The van der Waals surface area contributed by atoms with Gasteiger partial charge in [0, 0.05) is 4.88 Å². The molecule has 41 heavy (non-hydrogen) atoms. The number of benzene rings is 2. The number of aromatic nitrogens is 2. The van der Waals surface area contributed by atoms with E-state index in [0.29, 0.717) is 18.0 Å². The molecule has 2 amide bonds. The highest BCUT2D eigenvalue weighted by Crippen LogP contribution is 2.38. The normalized spacial score (nSPS) is 13.9. The number of anilines is 1. The number of fused-ring (bicyclic) bond motifs is 1. The Morgan fingerprint density at radius 3 is 2.56 bits per heavy atom. The summed E-state index contributed by atoms with van der Waals surface area (Å²) in [7, 11) is 0. The number of aliphatic imine (C=N–C) groups is 1. The molecule has 4 aromatic rings. The van der Waals surface area contributed by atoms with Crippen molar-refractivity contribution < 1.29 is 18.8 Å². The van der Waals surface area contributed by atoms with E-state index in [-0.39, 0.29) is 30.8 Å². The number of aryl methyl sites for hydroxylation is 1. The van der Waals surface area contributed by atoms with Gasteiger partial charge in [-0.25, -0.2) is 0 Å². The minimum atomic E-state index is -0.906. The first-order chi connectivity index (χ1) is 19.7. The van der Waals surface area contributed by atoms with Crippen LogP contribution in [0.5, 0.6) is 0 Å². The molecular formula is C31H31N5O4S. The summed E-state index contributed by atoms with van der Waals surface area (Å²) in [6.07, 6.45) is 0.396. The molecule has 9 nitrogen and oxygen atoms in total. The van der Waals surface area contributed by atoms with Crippen LogP contribution in [0.2, 0.25) is 0 Å². The Balaban J connectivity index is 1.32. The molecule has 0 saturated heterocycles. The second kappa shape index (κ2) is 12.0. The number of ketones is 1. The van der Waals surface area contributed by atoms with Crippen LogP contribution in [0.15, 0.2) is 70.1 Å². The van der Waals surface area contributed by atoms with Gasteiger partial charge in [0.15, 0.2) is 0 Å². The van der Waals surface area contributed by atoms with Crippen LogP contribution in [0.4, 0.5) is 5.69 Å². The van der Waals surface area contributed by atoms with Crippen LogP contribution in [-0.2, 0) is 16.0 Å². The zero-order chi connectivity index (χ0) is 29.1. The van der Waals surface area contributed by atoms with Crippen LogP contribution in [0.3, 0.4) is 0 Å². The van der Waals surface area contributed by atoms with Crippen LogP contribution in [0, 0.1) is 12.8 Å². The number of nitrogens with zero attached hydrogens (tertiary/aromatic N) is 4. The molecule has 0 unspecified atom stereocenters. The van der Waals surface area contributed by atoms with Crippen molar-refractivity contribution in [1.82, 2.24) is 15.5 Å². The summed E-state index contributed by atoms with van der Waals surface area (Å²) in [5.41, 5.74) is 4.50. The number of hydrogen-bond donors (Lipinski definition) is 1. The van der Waals surface area contributed by atoms with E-state index >= 15 is 0 Å². The molecule has 0 bridgehead atoms. The highest BCUT2D eigenvalue weighted by Gasteiger charge is 2.32. The standard InChI is InChI=1S/C31H31N5O4S/c1-18(2)28(29(39)31-35-34-26(40-31)14-21-10-8-9-19(3)13-21)33-25(37)17-36-23-15-24(22-11-6-5-7-12-22)41-30(23)20(4)32-16-27(36)38/h5-13,15,18,28H,14,16-17H2,1-4H3,(H,33,37)/t28-/m0/s1. The maximum absolute atomic E-state index is 13.3.